The van der Waals surface area contributed by atoms with Crippen molar-refractivity contribution in [2.75, 3.05) is 5.32 Å². The standard InChI is InChI=1S/C23H27N3O2S/c1-16(2)17-11-13-18(14-12-17)24-21(27)10-4-3-7-15-26-22(28)19-8-5-6-9-20(19)25-23(26)29/h5-6,8-9,11-14,16H,3-4,7,10,15H2,1-2H3,(H,24,27)(H,25,29). The lowest BCUT2D eigenvalue weighted by molar-refractivity contribution is -0.116. The Labute approximate surface area is 175 Å². The van der Waals surface area contributed by atoms with E-state index in [-0.39, 0.29) is 11.5 Å². The summed E-state index contributed by atoms with van der Waals surface area (Å²) in [6, 6.07) is 15.4. The van der Waals surface area contributed by atoms with Gasteiger partial charge in [-0.2, -0.15) is 0 Å². The molecule has 0 saturated heterocycles. The van der Waals surface area contributed by atoms with Gasteiger partial charge < -0.3 is 10.3 Å². The minimum absolute atomic E-state index is 0.0162. The van der Waals surface area contributed by atoms with Crippen LogP contribution in [-0.2, 0) is 11.3 Å². The van der Waals surface area contributed by atoms with Crippen molar-refractivity contribution in [2.24, 2.45) is 0 Å². The molecule has 2 N–H and O–H groups in total. The van der Waals surface area contributed by atoms with Crippen LogP contribution in [0.4, 0.5) is 5.69 Å². The number of fused-ring (bicyclic) bond motifs is 1. The number of aromatic amines is 1. The second-order valence-corrected chi connectivity index (χ2v) is 7.95. The molecule has 0 atom stereocenters. The average molecular weight is 410 g/mol. The Bertz CT molecular complexity index is 1100. The molecule has 0 aliphatic rings. The van der Waals surface area contributed by atoms with E-state index in [1.54, 1.807) is 10.6 Å². The summed E-state index contributed by atoms with van der Waals surface area (Å²) in [5.41, 5.74) is 2.78. The van der Waals surface area contributed by atoms with E-state index in [2.05, 4.69) is 24.1 Å². The van der Waals surface area contributed by atoms with Gasteiger partial charge in [-0.25, -0.2) is 0 Å². The van der Waals surface area contributed by atoms with Gasteiger partial charge in [0.1, 0.15) is 0 Å². The molecule has 0 radical (unpaired) electrons. The number of amides is 1. The Kier molecular flexibility index (Phi) is 6.99. The van der Waals surface area contributed by atoms with Gasteiger partial charge in [-0.3, -0.25) is 14.2 Å². The predicted octanol–water partition coefficient (Wildman–Crippen LogP) is 5.38. The van der Waals surface area contributed by atoms with E-state index in [1.807, 2.05) is 42.5 Å². The molecule has 0 fully saturated rings. The summed E-state index contributed by atoms with van der Waals surface area (Å²) >= 11 is 5.33. The highest BCUT2D eigenvalue weighted by molar-refractivity contribution is 7.71. The number of benzene rings is 2. The maximum Gasteiger partial charge on any atom is 0.262 e. The summed E-state index contributed by atoms with van der Waals surface area (Å²) in [7, 11) is 0. The van der Waals surface area contributed by atoms with E-state index in [0.29, 0.717) is 29.0 Å². The second kappa shape index (κ2) is 9.65. The summed E-state index contributed by atoms with van der Waals surface area (Å²) in [5, 5.41) is 3.58. The first-order chi connectivity index (χ1) is 14.0. The predicted molar refractivity (Wildman–Crippen MR) is 121 cm³/mol. The third-order valence-corrected chi connectivity index (χ3v) is 5.36. The second-order valence-electron chi connectivity index (χ2n) is 7.57. The first-order valence-electron chi connectivity index (χ1n) is 10.1. The number of unbranched alkanes of at least 4 members (excludes halogenated alkanes) is 2. The van der Waals surface area contributed by atoms with E-state index in [1.165, 1.54) is 5.56 Å². The molecule has 0 aliphatic carbocycles. The third-order valence-electron chi connectivity index (χ3n) is 5.04. The normalized spacial score (nSPS) is 11.1. The fourth-order valence-electron chi connectivity index (χ4n) is 3.31. The van der Waals surface area contributed by atoms with Gasteiger partial charge in [0.05, 0.1) is 10.9 Å². The fourth-order valence-corrected chi connectivity index (χ4v) is 3.59. The molecule has 1 amide bonds. The van der Waals surface area contributed by atoms with Crippen molar-refractivity contribution >= 4 is 34.7 Å². The summed E-state index contributed by atoms with van der Waals surface area (Å²) in [5.74, 6) is 0.491. The minimum atomic E-state index is -0.0630. The number of rotatable bonds is 8. The van der Waals surface area contributed by atoms with Crippen molar-refractivity contribution < 1.29 is 4.79 Å². The van der Waals surface area contributed by atoms with Crippen LogP contribution in [0.2, 0.25) is 0 Å². The molecule has 5 nitrogen and oxygen atoms in total. The molecule has 6 heteroatoms. The Hall–Kier alpha value is -2.73. The zero-order chi connectivity index (χ0) is 20.8. The monoisotopic (exact) mass is 409 g/mol. The number of carbonyl (C=O) groups is 1. The number of nitrogens with one attached hydrogen (secondary N) is 2. The van der Waals surface area contributed by atoms with E-state index >= 15 is 0 Å². The molecule has 0 bridgehead atoms. The molecule has 0 spiro atoms. The maximum absolute atomic E-state index is 12.6. The fraction of sp³-hybridized carbons (Fsp3) is 0.348. The largest absolute Gasteiger partial charge is 0.332 e. The number of anilines is 1. The van der Waals surface area contributed by atoms with Gasteiger partial charge in [-0.1, -0.05) is 44.5 Å². The molecule has 2 aromatic carbocycles. The summed E-state index contributed by atoms with van der Waals surface area (Å²) in [6.45, 7) is 4.84. The average Bonchev–Trinajstić information content (AvgIpc) is 2.70. The van der Waals surface area contributed by atoms with Gasteiger partial charge in [0.2, 0.25) is 5.91 Å². The van der Waals surface area contributed by atoms with Crippen LogP contribution in [0.15, 0.2) is 53.3 Å². The maximum atomic E-state index is 12.6. The number of hydrogen-bond donors (Lipinski definition) is 2. The van der Waals surface area contributed by atoms with Crippen LogP contribution < -0.4 is 10.9 Å². The smallest absolute Gasteiger partial charge is 0.262 e. The SMILES string of the molecule is CC(C)c1ccc(NC(=O)CCCCCn2c(=S)[nH]c3ccccc3c2=O)cc1. The number of carbonyl (C=O) groups excluding carboxylic acids is 1. The summed E-state index contributed by atoms with van der Waals surface area (Å²) < 4.78 is 2.05. The number of H-pyrrole nitrogens is 1. The lowest BCUT2D eigenvalue weighted by atomic mass is 10.0. The van der Waals surface area contributed by atoms with Crippen LogP contribution in [0.25, 0.3) is 10.9 Å². The molecule has 1 aromatic heterocycles. The van der Waals surface area contributed by atoms with Crippen LogP contribution in [-0.4, -0.2) is 15.5 Å². The highest BCUT2D eigenvalue weighted by atomic mass is 32.1. The Morgan fingerprint density at radius 2 is 1.79 bits per heavy atom. The summed E-state index contributed by atoms with van der Waals surface area (Å²) in [4.78, 5) is 27.8. The molecule has 3 rings (SSSR count). The van der Waals surface area contributed by atoms with Gasteiger partial charge in [-0.15, -0.1) is 0 Å². The van der Waals surface area contributed by atoms with Crippen LogP contribution in [0, 0.1) is 4.77 Å². The van der Waals surface area contributed by atoms with Gasteiger partial charge in [-0.05, 0) is 60.8 Å². The van der Waals surface area contributed by atoms with Crippen LogP contribution in [0.5, 0.6) is 0 Å². The van der Waals surface area contributed by atoms with Crippen molar-refractivity contribution in [3.05, 3.63) is 69.2 Å². The molecule has 0 aliphatic heterocycles. The molecule has 29 heavy (non-hydrogen) atoms. The van der Waals surface area contributed by atoms with Crippen LogP contribution in [0.1, 0.15) is 51.0 Å². The topological polar surface area (TPSA) is 66.9 Å². The zero-order valence-electron chi connectivity index (χ0n) is 16.9. The lowest BCUT2D eigenvalue weighted by Crippen LogP contribution is -2.22. The Morgan fingerprint density at radius 1 is 1.07 bits per heavy atom. The highest BCUT2D eigenvalue weighted by Crippen LogP contribution is 2.17. The number of para-hydroxylation sites is 1. The molecule has 1 heterocycles. The molecule has 3 aromatic rings. The van der Waals surface area contributed by atoms with E-state index < -0.39 is 0 Å². The molecular formula is C23H27N3O2S. The zero-order valence-corrected chi connectivity index (χ0v) is 17.7. The van der Waals surface area contributed by atoms with Gasteiger partial charge >= 0.3 is 0 Å². The number of nitrogens with zero attached hydrogens (tertiary/aromatic N) is 1. The number of hydrogen-bond acceptors (Lipinski definition) is 3. The van der Waals surface area contributed by atoms with E-state index in [0.717, 1.165) is 30.5 Å². The van der Waals surface area contributed by atoms with E-state index in [4.69, 9.17) is 12.2 Å². The highest BCUT2D eigenvalue weighted by Gasteiger charge is 2.06. The van der Waals surface area contributed by atoms with Gasteiger partial charge in [0.15, 0.2) is 4.77 Å². The minimum Gasteiger partial charge on any atom is -0.332 e. The van der Waals surface area contributed by atoms with Crippen molar-refractivity contribution in [3.63, 3.8) is 0 Å². The molecule has 0 saturated carbocycles. The summed E-state index contributed by atoms with van der Waals surface area (Å²) in [6.07, 6.45) is 2.89. The van der Waals surface area contributed by atoms with Gasteiger partial charge in [0, 0.05) is 18.7 Å². The molecular weight excluding hydrogens is 382 g/mol. The molecule has 152 valence electrons. The first kappa shape index (κ1) is 21.0. The van der Waals surface area contributed by atoms with Gasteiger partial charge in [0.25, 0.3) is 5.56 Å². The molecule has 0 unspecified atom stereocenters. The van der Waals surface area contributed by atoms with Crippen LogP contribution >= 0.6 is 12.2 Å². The third kappa shape index (κ3) is 5.41. The van der Waals surface area contributed by atoms with E-state index in [9.17, 15) is 9.59 Å². The lowest BCUT2D eigenvalue weighted by Gasteiger charge is -2.09. The van der Waals surface area contributed by atoms with Crippen LogP contribution in [0.3, 0.4) is 0 Å². The Balaban J connectivity index is 1.46. The van der Waals surface area contributed by atoms with Crippen molar-refractivity contribution in [2.45, 2.75) is 52.0 Å². The number of aromatic nitrogens is 2. The first-order valence-corrected chi connectivity index (χ1v) is 10.5. The van der Waals surface area contributed by atoms with Crippen molar-refractivity contribution in [1.29, 1.82) is 0 Å². The van der Waals surface area contributed by atoms with Crippen molar-refractivity contribution in [3.8, 4) is 0 Å². The quantitative estimate of drug-likeness (QED) is 0.388. The Morgan fingerprint density at radius 3 is 2.52 bits per heavy atom. The van der Waals surface area contributed by atoms with Crippen molar-refractivity contribution in [1.82, 2.24) is 9.55 Å².